The summed E-state index contributed by atoms with van der Waals surface area (Å²) in [6, 6.07) is 7.74. The first-order valence-electron chi connectivity index (χ1n) is 7.69. The van der Waals surface area contributed by atoms with Crippen molar-refractivity contribution in [3.05, 3.63) is 46.9 Å². The SMILES string of the molecule is CC1=C(C(=O)Nc2[nH]nc3c2c(C)nn3C)Cc2ccccc2O1. The van der Waals surface area contributed by atoms with Gasteiger partial charge in [-0.05, 0) is 25.5 Å². The predicted molar refractivity (Wildman–Crippen MR) is 89.7 cm³/mol. The number of para-hydroxylation sites is 1. The minimum Gasteiger partial charge on any atom is -0.461 e. The Kier molecular flexibility index (Phi) is 3.16. The lowest BCUT2D eigenvalue weighted by Gasteiger charge is -2.20. The molecule has 1 aliphatic rings. The smallest absolute Gasteiger partial charge is 0.256 e. The second-order valence-corrected chi connectivity index (χ2v) is 5.88. The van der Waals surface area contributed by atoms with E-state index in [9.17, 15) is 4.79 Å². The lowest BCUT2D eigenvalue weighted by molar-refractivity contribution is -0.113. The Morgan fingerprint density at radius 3 is 2.96 bits per heavy atom. The molecule has 0 fully saturated rings. The summed E-state index contributed by atoms with van der Waals surface area (Å²) < 4.78 is 7.46. The van der Waals surface area contributed by atoms with E-state index in [1.165, 1.54) is 0 Å². The molecule has 0 saturated heterocycles. The Morgan fingerprint density at radius 2 is 2.12 bits per heavy atom. The Labute approximate surface area is 138 Å². The van der Waals surface area contributed by atoms with Crippen LogP contribution in [0.5, 0.6) is 5.75 Å². The van der Waals surface area contributed by atoms with Gasteiger partial charge in [0.15, 0.2) is 5.65 Å². The molecule has 0 spiro atoms. The van der Waals surface area contributed by atoms with Crippen LogP contribution < -0.4 is 10.1 Å². The van der Waals surface area contributed by atoms with Crippen molar-refractivity contribution >= 4 is 22.8 Å². The largest absolute Gasteiger partial charge is 0.461 e. The van der Waals surface area contributed by atoms with Crippen LogP contribution in [-0.4, -0.2) is 25.9 Å². The van der Waals surface area contributed by atoms with Crippen LogP contribution in [0.4, 0.5) is 5.82 Å². The highest BCUT2D eigenvalue weighted by molar-refractivity contribution is 6.08. The number of hydrogen-bond donors (Lipinski definition) is 2. The number of hydrogen-bond acceptors (Lipinski definition) is 4. The Bertz CT molecular complexity index is 996. The van der Waals surface area contributed by atoms with Crippen molar-refractivity contribution < 1.29 is 9.53 Å². The number of carbonyl (C=O) groups excluding carboxylic acids is 1. The molecule has 0 unspecified atom stereocenters. The van der Waals surface area contributed by atoms with Crippen molar-refractivity contribution in [1.82, 2.24) is 20.0 Å². The number of anilines is 1. The molecule has 4 rings (SSSR count). The number of rotatable bonds is 2. The molecule has 1 aliphatic heterocycles. The normalized spacial score (nSPS) is 13.8. The van der Waals surface area contributed by atoms with Gasteiger partial charge < -0.3 is 10.1 Å². The van der Waals surface area contributed by atoms with E-state index in [1.807, 2.05) is 45.2 Å². The molecule has 1 amide bonds. The van der Waals surface area contributed by atoms with Gasteiger partial charge in [0.25, 0.3) is 5.91 Å². The van der Waals surface area contributed by atoms with E-state index >= 15 is 0 Å². The average Bonchev–Trinajstić information content (AvgIpc) is 3.09. The number of benzene rings is 1. The van der Waals surface area contributed by atoms with Crippen LogP contribution in [0, 0.1) is 6.92 Å². The number of nitrogens with one attached hydrogen (secondary N) is 2. The summed E-state index contributed by atoms with van der Waals surface area (Å²) in [5, 5.41) is 15.1. The van der Waals surface area contributed by atoms with Gasteiger partial charge in [-0.3, -0.25) is 9.89 Å². The zero-order valence-electron chi connectivity index (χ0n) is 13.7. The van der Waals surface area contributed by atoms with Gasteiger partial charge >= 0.3 is 0 Å². The Hall–Kier alpha value is -3.09. The summed E-state index contributed by atoms with van der Waals surface area (Å²) in [6.45, 7) is 3.70. The summed E-state index contributed by atoms with van der Waals surface area (Å²) in [6.07, 6.45) is 0.539. The second kappa shape index (κ2) is 5.23. The third kappa shape index (κ3) is 2.17. The van der Waals surface area contributed by atoms with E-state index in [0.29, 0.717) is 29.2 Å². The van der Waals surface area contributed by atoms with Gasteiger partial charge in [-0.15, -0.1) is 0 Å². The lowest BCUT2D eigenvalue weighted by Crippen LogP contribution is -2.22. The number of aromatic amines is 1. The molecule has 0 saturated carbocycles. The zero-order valence-corrected chi connectivity index (χ0v) is 13.7. The van der Waals surface area contributed by atoms with Crippen LogP contribution in [0.25, 0.3) is 11.0 Å². The molecule has 1 aromatic carbocycles. The number of carbonyl (C=O) groups is 1. The van der Waals surface area contributed by atoms with Crippen molar-refractivity contribution in [3.8, 4) is 5.75 Å². The molecule has 0 aliphatic carbocycles. The van der Waals surface area contributed by atoms with Gasteiger partial charge in [-0.25, -0.2) is 4.68 Å². The number of nitrogens with zero attached hydrogens (tertiary/aromatic N) is 3. The number of allylic oxidation sites excluding steroid dienone is 1. The van der Waals surface area contributed by atoms with E-state index in [4.69, 9.17) is 4.74 Å². The van der Waals surface area contributed by atoms with Crippen molar-refractivity contribution in [1.29, 1.82) is 0 Å². The number of H-pyrrole nitrogens is 1. The molecule has 0 radical (unpaired) electrons. The second-order valence-electron chi connectivity index (χ2n) is 5.88. The van der Waals surface area contributed by atoms with Crippen LogP contribution >= 0.6 is 0 Å². The minimum atomic E-state index is -0.198. The van der Waals surface area contributed by atoms with Crippen LogP contribution in [0.15, 0.2) is 35.6 Å². The van der Waals surface area contributed by atoms with Crippen LogP contribution in [0.2, 0.25) is 0 Å². The van der Waals surface area contributed by atoms with Gasteiger partial charge in [0, 0.05) is 13.5 Å². The van der Waals surface area contributed by atoms with E-state index in [0.717, 1.165) is 22.4 Å². The summed E-state index contributed by atoms with van der Waals surface area (Å²) >= 11 is 0. The molecule has 24 heavy (non-hydrogen) atoms. The standard InChI is InChI=1S/C17H17N5O2/c1-9-14-15(19-20-16(14)22(3)21-9)18-17(23)12-8-11-6-4-5-7-13(11)24-10(12)2/h4-7H,8H2,1-3H3,(H2,18,19,20,23). The fourth-order valence-electron chi connectivity index (χ4n) is 3.04. The number of ether oxygens (including phenoxy) is 1. The van der Waals surface area contributed by atoms with Gasteiger partial charge in [0.1, 0.15) is 17.3 Å². The number of amides is 1. The van der Waals surface area contributed by atoms with E-state index in [2.05, 4.69) is 20.6 Å². The third-order valence-corrected chi connectivity index (χ3v) is 4.26. The number of aromatic nitrogens is 4. The summed E-state index contributed by atoms with van der Waals surface area (Å²) in [5.41, 5.74) is 3.13. The fourth-order valence-corrected chi connectivity index (χ4v) is 3.04. The topological polar surface area (TPSA) is 84.8 Å². The summed E-state index contributed by atoms with van der Waals surface area (Å²) in [7, 11) is 1.82. The highest BCUT2D eigenvalue weighted by Gasteiger charge is 2.24. The molecule has 7 heteroatoms. The molecule has 3 aromatic rings. The first kappa shape index (κ1) is 14.5. The maximum Gasteiger partial charge on any atom is 0.256 e. The van der Waals surface area contributed by atoms with Crippen LogP contribution in [0.1, 0.15) is 18.2 Å². The molecular formula is C17H17N5O2. The van der Waals surface area contributed by atoms with Crippen LogP contribution in [-0.2, 0) is 18.3 Å². The Balaban J connectivity index is 1.64. The van der Waals surface area contributed by atoms with E-state index in [-0.39, 0.29) is 5.91 Å². The highest BCUT2D eigenvalue weighted by atomic mass is 16.5. The molecule has 2 aromatic heterocycles. The summed E-state index contributed by atoms with van der Waals surface area (Å²) in [4.78, 5) is 12.7. The predicted octanol–water partition coefficient (Wildman–Crippen LogP) is 2.45. The Morgan fingerprint density at radius 1 is 1.33 bits per heavy atom. The lowest BCUT2D eigenvalue weighted by atomic mass is 10.00. The fraction of sp³-hybridized carbons (Fsp3) is 0.235. The van der Waals surface area contributed by atoms with Gasteiger partial charge in [-0.2, -0.15) is 10.2 Å². The first-order chi connectivity index (χ1) is 11.5. The molecule has 0 bridgehead atoms. The maximum atomic E-state index is 12.7. The van der Waals surface area contributed by atoms with Gasteiger partial charge in [0.2, 0.25) is 0 Å². The quantitative estimate of drug-likeness (QED) is 0.758. The number of fused-ring (bicyclic) bond motifs is 2. The van der Waals surface area contributed by atoms with Crippen molar-refractivity contribution in [3.63, 3.8) is 0 Å². The third-order valence-electron chi connectivity index (χ3n) is 4.26. The van der Waals surface area contributed by atoms with Crippen molar-refractivity contribution in [2.24, 2.45) is 7.05 Å². The van der Waals surface area contributed by atoms with E-state index in [1.54, 1.807) is 4.68 Å². The van der Waals surface area contributed by atoms with Gasteiger partial charge in [-0.1, -0.05) is 18.2 Å². The maximum absolute atomic E-state index is 12.7. The van der Waals surface area contributed by atoms with Crippen molar-refractivity contribution in [2.45, 2.75) is 20.3 Å². The van der Waals surface area contributed by atoms with Gasteiger partial charge in [0.05, 0.1) is 16.7 Å². The molecule has 3 heterocycles. The van der Waals surface area contributed by atoms with E-state index < -0.39 is 0 Å². The molecule has 7 nitrogen and oxygen atoms in total. The average molecular weight is 323 g/mol. The molecule has 122 valence electrons. The molecule has 2 N–H and O–H groups in total. The summed E-state index contributed by atoms with van der Waals surface area (Å²) in [5.74, 6) is 1.78. The monoisotopic (exact) mass is 323 g/mol. The minimum absolute atomic E-state index is 0.198. The number of aryl methyl sites for hydroxylation is 2. The zero-order chi connectivity index (χ0) is 16.8. The van der Waals surface area contributed by atoms with Crippen LogP contribution in [0.3, 0.4) is 0 Å². The first-order valence-corrected chi connectivity index (χ1v) is 7.69. The molecule has 0 atom stereocenters. The highest BCUT2D eigenvalue weighted by Crippen LogP contribution is 2.31. The molecular weight excluding hydrogens is 306 g/mol. The van der Waals surface area contributed by atoms with Crippen molar-refractivity contribution in [2.75, 3.05) is 5.32 Å².